The van der Waals surface area contributed by atoms with Gasteiger partial charge in [0.15, 0.2) is 5.96 Å². The summed E-state index contributed by atoms with van der Waals surface area (Å²) in [6.07, 6.45) is 1.75. The molecule has 0 saturated heterocycles. The van der Waals surface area contributed by atoms with Crippen LogP contribution in [-0.4, -0.2) is 35.9 Å². The highest BCUT2D eigenvalue weighted by Gasteiger charge is 1.97. The average molecular weight is 208 g/mol. The first-order valence-electron chi connectivity index (χ1n) is 4.49. The minimum Gasteiger partial charge on any atom is -0.369 e. The molecular weight excluding hydrogens is 192 g/mol. The Kier molecular flexibility index (Phi) is 3.33. The van der Waals surface area contributed by atoms with E-state index in [1.807, 2.05) is 13.0 Å². The van der Waals surface area contributed by atoms with Gasteiger partial charge in [0.1, 0.15) is 0 Å². The monoisotopic (exact) mass is 208 g/mol. The maximum atomic E-state index is 5.60. The summed E-state index contributed by atoms with van der Waals surface area (Å²) >= 11 is 0. The Balaban J connectivity index is 2.81. The Labute approximate surface area is 88.7 Å². The minimum atomic E-state index is 0.139. The topological polar surface area (TPSA) is 95.8 Å². The van der Waals surface area contributed by atoms with Crippen molar-refractivity contribution in [2.75, 3.05) is 14.1 Å². The Morgan fingerprint density at radius 2 is 2.07 bits per heavy atom. The lowest BCUT2D eigenvalue weighted by Crippen LogP contribution is -2.32. The first kappa shape index (κ1) is 11.1. The molecule has 82 valence electrons. The summed E-state index contributed by atoms with van der Waals surface area (Å²) < 4.78 is 0. The maximum absolute atomic E-state index is 5.60. The largest absolute Gasteiger partial charge is 0.369 e. The quantitative estimate of drug-likeness (QED) is 0.452. The Hall–Kier alpha value is -1.98. The van der Waals surface area contributed by atoms with E-state index < -0.39 is 0 Å². The fraction of sp³-hybridized carbons (Fsp3) is 0.333. The van der Waals surface area contributed by atoms with Crippen LogP contribution in [0.4, 0.5) is 5.69 Å². The van der Waals surface area contributed by atoms with E-state index in [2.05, 4.69) is 15.0 Å². The van der Waals surface area contributed by atoms with Gasteiger partial charge < -0.3 is 21.4 Å². The zero-order valence-corrected chi connectivity index (χ0v) is 9.15. The molecule has 0 aliphatic carbocycles. The van der Waals surface area contributed by atoms with E-state index in [9.17, 15) is 0 Å². The number of hydrogen-bond acceptors (Lipinski definition) is 1. The molecule has 1 aromatic rings. The minimum absolute atomic E-state index is 0.139. The predicted octanol–water partition coefficient (Wildman–Crippen LogP) is 0.146. The van der Waals surface area contributed by atoms with Crippen LogP contribution in [0.25, 0.3) is 0 Å². The number of nitrogens with two attached hydrogens (primary N) is 2. The summed E-state index contributed by atoms with van der Waals surface area (Å²) in [6.45, 7) is 1.94. The maximum Gasteiger partial charge on any atom is 0.223 e. The van der Waals surface area contributed by atoms with Crippen LogP contribution in [0.5, 0.6) is 0 Å². The number of aromatic amines is 1. The molecule has 0 aliphatic rings. The Morgan fingerprint density at radius 3 is 2.53 bits per heavy atom. The molecule has 1 heterocycles. The second kappa shape index (κ2) is 4.50. The van der Waals surface area contributed by atoms with Crippen molar-refractivity contribution in [1.29, 1.82) is 0 Å². The van der Waals surface area contributed by atoms with Gasteiger partial charge in [0.05, 0.1) is 5.69 Å². The number of aromatic nitrogens is 1. The summed E-state index contributed by atoms with van der Waals surface area (Å²) in [6, 6.07) is 1.87. The smallest absolute Gasteiger partial charge is 0.223 e. The van der Waals surface area contributed by atoms with Crippen molar-refractivity contribution < 1.29 is 0 Å². The van der Waals surface area contributed by atoms with E-state index in [0.717, 1.165) is 11.4 Å². The zero-order valence-electron chi connectivity index (χ0n) is 9.15. The molecule has 6 nitrogen and oxygen atoms in total. The normalized spacial score (nSPS) is 13.0. The molecule has 0 bridgehead atoms. The van der Waals surface area contributed by atoms with Gasteiger partial charge in [-0.25, -0.2) is 4.99 Å². The lowest BCUT2D eigenvalue weighted by atomic mass is 10.4. The second-order valence-electron chi connectivity index (χ2n) is 3.38. The van der Waals surface area contributed by atoms with Crippen LogP contribution in [0.3, 0.4) is 0 Å². The van der Waals surface area contributed by atoms with Crippen molar-refractivity contribution in [3.63, 3.8) is 0 Å². The lowest BCUT2D eigenvalue weighted by Gasteiger charge is -2.09. The molecule has 6 heteroatoms. The van der Waals surface area contributed by atoms with Gasteiger partial charge in [-0.1, -0.05) is 0 Å². The van der Waals surface area contributed by atoms with Gasteiger partial charge in [0.2, 0.25) is 5.96 Å². The molecule has 1 aromatic heterocycles. The Bertz CT molecular complexity index is 387. The summed E-state index contributed by atoms with van der Waals surface area (Å²) in [5, 5.41) is 0. The van der Waals surface area contributed by atoms with Crippen LogP contribution in [-0.2, 0) is 0 Å². The lowest BCUT2D eigenvalue weighted by molar-refractivity contribution is 0.615. The van der Waals surface area contributed by atoms with Crippen LogP contribution >= 0.6 is 0 Å². The first-order valence-corrected chi connectivity index (χ1v) is 4.49. The molecule has 0 atom stereocenters. The van der Waals surface area contributed by atoms with Crippen molar-refractivity contribution >= 4 is 17.6 Å². The highest BCUT2D eigenvalue weighted by atomic mass is 15.2. The zero-order chi connectivity index (χ0) is 11.4. The molecule has 0 unspecified atom stereocenters. The van der Waals surface area contributed by atoms with Crippen molar-refractivity contribution in [2.24, 2.45) is 21.5 Å². The third-order valence-corrected chi connectivity index (χ3v) is 1.74. The SMILES string of the molecule is Cc1cc(N=C(N)N=C(N)N(C)C)c[nH]1. The van der Waals surface area contributed by atoms with Crippen LogP contribution in [0.15, 0.2) is 22.2 Å². The highest BCUT2D eigenvalue weighted by Crippen LogP contribution is 2.12. The standard InChI is InChI=1S/C9H16N6/c1-6-4-7(5-12-6)13-8(10)14-9(11)15(2)3/h4-5,12H,1-3H3,(H4,10,11,13,14). The van der Waals surface area contributed by atoms with Gasteiger partial charge >= 0.3 is 0 Å². The molecule has 0 radical (unpaired) electrons. The molecule has 0 amide bonds. The molecule has 0 aromatic carbocycles. The molecule has 5 N–H and O–H groups in total. The average Bonchev–Trinajstić information content (AvgIpc) is 2.50. The number of nitrogens with zero attached hydrogens (tertiary/aromatic N) is 3. The molecule has 0 saturated carbocycles. The fourth-order valence-corrected chi connectivity index (χ4v) is 0.932. The van der Waals surface area contributed by atoms with Gasteiger partial charge in [-0.15, -0.1) is 0 Å². The molecule has 0 aliphatic heterocycles. The summed E-state index contributed by atoms with van der Waals surface area (Å²) in [5.41, 5.74) is 12.9. The molecule has 1 rings (SSSR count). The van der Waals surface area contributed by atoms with Crippen LogP contribution in [0.2, 0.25) is 0 Å². The Morgan fingerprint density at radius 1 is 1.40 bits per heavy atom. The van der Waals surface area contributed by atoms with Crippen LogP contribution < -0.4 is 11.5 Å². The van der Waals surface area contributed by atoms with Crippen LogP contribution in [0.1, 0.15) is 5.69 Å². The van der Waals surface area contributed by atoms with E-state index in [-0.39, 0.29) is 5.96 Å². The van der Waals surface area contributed by atoms with E-state index in [1.54, 1.807) is 25.2 Å². The van der Waals surface area contributed by atoms with E-state index >= 15 is 0 Å². The highest BCUT2D eigenvalue weighted by molar-refractivity contribution is 5.94. The van der Waals surface area contributed by atoms with Gasteiger partial charge in [0, 0.05) is 26.0 Å². The van der Waals surface area contributed by atoms with E-state index in [0.29, 0.717) is 5.96 Å². The number of H-pyrrole nitrogens is 1. The van der Waals surface area contributed by atoms with Crippen molar-refractivity contribution in [2.45, 2.75) is 6.92 Å². The fourth-order valence-electron chi connectivity index (χ4n) is 0.932. The first-order chi connectivity index (χ1) is 6.99. The number of hydrogen-bond donors (Lipinski definition) is 3. The van der Waals surface area contributed by atoms with Crippen molar-refractivity contribution in [1.82, 2.24) is 9.88 Å². The number of guanidine groups is 2. The van der Waals surface area contributed by atoms with Crippen LogP contribution in [0, 0.1) is 6.92 Å². The predicted molar refractivity (Wildman–Crippen MR) is 62.1 cm³/mol. The second-order valence-corrected chi connectivity index (χ2v) is 3.38. The van der Waals surface area contributed by atoms with E-state index in [1.165, 1.54) is 0 Å². The molecule has 15 heavy (non-hydrogen) atoms. The number of aliphatic imine (C=N–C) groups is 2. The third-order valence-electron chi connectivity index (χ3n) is 1.74. The van der Waals surface area contributed by atoms with Gasteiger partial charge in [0.25, 0.3) is 0 Å². The van der Waals surface area contributed by atoms with Gasteiger partial charge in [-0.3, -0.25) is 0 Å². The van der Waals surface area contributed by atoms with Gasteiger partial charge in [-0.05, 0) is 13.0 Å². The third kappa shape index (κ3) is 3.34. The number of nitrogens with one attached hydrogen (secondary N) is 1. The summed E-state index contributed by atoms with van der Waals surface area (Å²) in [4.78, 5) is 12.6. The summed E-state index contributed by atoms with van der Waals surface area (Å²) in [5.74, 6) is 0.462. The van der Waals surface area contributed by atoms with Gasteiger partial charge in [-0.2, -0.15) is 4.99 Å². The summed E-state index contributed by atoms with van der Waals surface area (Å²) in [7, 11) is 3.57. The van der Waals surface area contributed by atoms with E-state index in [4.69, 9.17) is 11.5 Å². The number of rotatable bonds is 1. The van der Waals surface area contributed by atoms with Crippen molar-refractivity contribution in [3.05, 3.63) is 18.0 Å². The molecule has 0 fully saturated rings. The molecule has 0 spiro atoms. The van der Waals surface area contributed by atoms with Crippen molar-refractivity contribution in [3.8, 4) is 0 Å². The number of aryl methyl sites for hydroxylation is 1. The molecular formula is C9H16N6.